The van der Waals surface area contributed by atoms with Crippen LogP contribution in [0.2, 0.25) is 5.02 Å². The minimum atomic E-state index is -0.339. The molecule has 0 aliphatic carbocycles. The summed E-state index contributed by atoms with van der Waals surface area (Å²) in [7, 11) is 0. The predicted octanol–water partition coefficient (Wildman–Crippen LogP) is 3.48. The quantitative estimate of drug-likeness (QED) is 0.721. The van der Waals surface area contributed by atoms with Gasteiger partial charge >= 0.3 is 6.03 Å². The highest BCUT2D eigenvalue weighted by Gasteiger charge is 2.38. The highest BCUT2D eigenvalue weighted by atomic mass is 35.5. The molecule has 1 aromatic rings. The van der Waals surface area contributed by atoms with Crippen LogP contribution in [-0.2, 0) is 0 Å². The predicted molar refractivity (Wildman–Crippen MR) is 108 cm³/mol. The summed E-state index contributed by atoms with van der Waals surface area (Å²) in [4.78, 5) is 26.9. The van der Waals surface area contributed by atoms with E-state index in [9.17, 15) is 9.59 Å². The molecule has 2 heterocycles. The third-order valence-corrected chi connectivity index (χ3v) is 5.72. The maximum atomic E-state index is 13.0. The van der Waals surface area contributed by atoms with Crippen molar-refractivity contribution in [3.63, 3.8) is 0 Å². The standard InChI is InChI=1S/C20H29ClN4O2/c1-19(2,3)24-18(27)23-14-4-5-16(21)15(12-14)17(26)25-10-7-20(8-11-25)6-9-22-13-20/h4-5,12,22H,6-11,13H2,1-3H3,(H2,23,24,27). The van der Waals surface area contributed by atoms with Crippen LogP contribution in [0.25, 0.3) is 0 Å². The van der Waals surface area contributed by atoms with Crippen molar-refractivity contribution in [3.8, 4) is 0 Å². The van der Waals surface area contributed by atoms with E-state index in [0.717, 1.165) is 39.0 Å². The number of piperidine rings is 1. The monoisotopic (exact) mass is 392 g/mol. The summed E-state index contributed by atoms with van der Waals surface area (Å²) >= 11 is 6.29. The zero-order valence-corrected chi connectivity index (χ0v) is 17.1. The number of halogens is 1. The maximum absolute atomic E-state index is 13.0. The number of nitrogens with zero attached hydrogens (tertiary/aromatic N) is 1. The molecule has 2 saturated heterocycles. The molecule has 0 radical (unpaired) electrons. The van der Waals surface area contributed by atoms with E-state index in [1.54, 1.807) is 18.2 Å². The molecule has 0 atom stereocenters. The van der Waals surface area contributed by atoms with E-state index in [2.05, 4.69) is 16.0 Å². The molecule has 2 fully saturated rings. The number of hydrogen-bond donors (Lipinski definition) is 3. The number of anilines is 1. The Bertz CT molecular complexity index is 713. The lowest BCUT2D eigenvalue weighted by Gasteiger charge is -2.39. The normalized spacial score (nSPS) is 19.2. The summed E-state index contributed by atoms with van der Waals surface area (Å²) in [5.41, 5.74) is 1.01. The molecule has 3 rings (SSSR count). The molecule has 1 spiro atoms. The van der Waals surface area contributed by atoms with Crippen molar-refractivity contribution in [1.29, 1.82) is 0 Å². The molecule has 0 aromatic heterocycles. The molecule has 0 saturated carbocycles. The highest BCUT2D eigenvalue weighted by Crippen LogP contribution is 2.37. The third kappa shape index (κ3) is 4.93. The fourth-order valence-corrected chi connectivity index (χ4v) is 4.05. The Morgan fingerprint density at radius 2 is 1.89 bits per heavy atom. The number of urea groups is 1. The molecular formula is C20H29ClN4O2. The van der Waals surface area contributed by atoms with Gasteiger partial charge in [0, 0.05) is 30.9 Å². The molecule has 6 nitrogen and oxygen atoms in total. The van der Waals surface area contributed by atoms with Crippen molar-refractivity contribution < 1.29 is 9.59 Å². The number of nitrogens with one attached hydrogen (secondary N) is 3. The molecule has 148 valence electrons. The van der Waals surface area contributed by atoms with Gasteiger partial charge in [-0.2, -0.15) is 0 Å². The van der Waals surface area contributed by atoms with Gasteiger partial charge in [-0.3, -0.25) is 4.79 Å². The molecule has 27 heavy (non-hydrogen) atoms. The Balaban J connectivity index is 1.67. The van der Waals surface area contributed by atoms with Gasteiger partial charge < -0.3 is 20.9 Å². The molecule has 1 aromatic carbocycles. The van der Waals surface area contributed by atoms with Gasteiger partial charge in [-0.15, -0.1) is 0 Å². The van der Waals surface area contributed by atoms with Crippen LogP contribution in [0.4, 0.5) is 10.5 Å². The second-order valence-electron chi connectivity index (χ2n) is 8.74. The Labute approximate surface area is 166 Å². The summed E-state index contributed by atoms with van der Waals surface area (Å²) in [6.45, 7) is 9.35. The summed E-state index contributed by atoms with van der Waals surface area (Å²) in [5, 5.41) is 9.46. The summed E-state index contributed by atoms with van der Waals surface area (Å²) in [5.74, 6) is -0.0688. The minimum Gasteiger partial charge on any atom is -0.339 e. The van der Waals surface area contributed by atoms with Gasteiger partial charge in [0.25, 0.3) is 5.91 Å². The first kappa shape index (κ1) is 20.0. The Hall–Kier alpha value is -1.79. The maximum Gasteiger partial charge on any atom is 0.319 e. The van der Waals surface area contributed by atoms with Gasteiger partial charge in [0.2, 0.25) is 0 Å². The first-order valence-electron chi connectivity index (χ1n) is 9.56. The zero-order valence-electron chi connectivity index (χ0n) is 16.3. The van der Waals surface area contributed by atoms with E-state index in [1.165, 1.54) is 6.42 Å². The average molecular weight is 393 g/mol. The van der Waals surface area contributed by atoms with Gasteiger partial charge in [0.15, 0.2) is 0 Å². The van der Waals surface area contributed by atoms with Gasteiger partial charge in [-0.1, -0.05) is 11.6 Å². The second kappa shape index (κ2) is 7.68. The van der Waals surface area contributed by atoms with Crippen molar-refractivity contribution in [2.75, 3.05) is 31.5 Å². The smallest absolute Gasteiger partial charge is 0.319 e. The molecular weight excluding hydrogens is 364 g/mol. The molecule has 3 amide bonds. The first-order chi connectivity index (χ1) is 12.7. The van der Waals surface area contributed by atoms with Gasteiger partial charge in [0.05, 0.1) is 10.6 Å². The minimum absolute atomic E-state index is 0.0688. The van der Waals surface area contributed by atoms with E-state index in [4.69, 9.17) is 11.6 Å². The first-order valence-corrected chi connectivity index (χ1v) is 9.94. The van der Waals surface area contributed by atoms with Crippen LogP contribution < -0.4 is 16.0 Å². The van der Waals surface area contributed by atoms with Crippen LogP contribution in [0.3, 0.4) is 0 Å². The zero-order chi connectivity index (χ0) is 19.7. The van der Waals surface area contributed by atoms with Crippen molar-refractivity contribution in [1.82, 2.24) is 15.5 Å². The van der Waals surface area contributed by atoms with E-state index in [-0.39, 0.29) is 17.5 Å². The highest BCUT2D eigenvalue weighted by molar-refractivity contribution is 6.34. The number of benzene rings is 1. The van der Waals surface area contributed by atoms with Crippen LogP contribution in [-0.4, -0.2) is 48.6 Å². The lowest BCUT2D eigenvalue weighted by molar-refractivity contribution is 0.0608. The lowest BCUT2D eigenvalue weighted by atomic mass is 9.78. The summed E-state index contributed by atoms with van der Waals surface area (Å²) in [6.07, 6.45) is 3.24. The number of carbonyl (C=O) groups is 2. The van der Waals surface area contributed by atoms with E-state index >= 15 is 0 Å². The van der Waals surface area contributed by atoms with Crippen molar-refractivity contribution in [3.05, 3.63) is 28.8 Å². The number of hydrogen-bond acceptors (Lipinski definition) is 3. The van der Waals surface area contributed by atoms with Gasteiger partial charge in [-0.05, 0) is 70.2 Å². The lowest BCUT2D eigenvalue weighted by Crippen LogP contribution is -2.44. The number of amides is 3. The number of rotatable bonds is 2. The second-order valence-corrected chi connectivity index (χ2v) is 9.15. The average Bonchev–Trinajstić information content (AvgIpc) is 3.03. The molecule has 0 bridgehead atoms. The molecule has 2 aliphatic heterocycles. The molecule has 3 N–H and O–H groups in total. The number of likely N-dealkylation sites (tertiary alicyclic amines) is 1. The SMILES string of the molecule is CC(C)(C)NC(=O)Nc1ccc(Cl)c(C(=O)N2CCC3(CCNC3)CC2)c1. The summed E-state index contributed by atoms with van der Waals surface area (Å²) < 4.78 is 0. The Morgan fingerprint density at radius 1 is 1.19 bits per heavy atom. The third-order valence-electron chi connectivity index (χ3n) is 5.39. The van der Waals surface area contributed by atoms with E-state index in [1.807, 2.05) is 25.7 Å². The van der Waals surface area contributed by atoms with Crippen LogP contribution in [0.1, 0.15) is 50.4 Å². The van der Waals surface area contributed by atoms with Gasteiger partial charge in [-0.25, -0.2) is 4.79 Å². The fraction of sp³-hybridized carbons (Fsp3) is 0.600. The van der Waals surface area contributed by atoms with Crippen LogP contribution >= 0.6 is 11.6 Å². The van der Waals surface area contributed by atoms with Crippen LogP contribution in [0.5, 0.6) is 0 Å². The summed E-state index contributed by atoms with van der Waals surface area (Å²) in [6, 6.07) is 4.72. The molecule has 2 aliphatic rings. The van der Waals surface area contributed by atoms with Crippen molar-refractivity contribution in [2.45, 2.75) is 45.6 Å². The topological polar surface area (TPSA) is 73.5 Å². The Morgan fingerprint density at radius 3 is 2.48 bits per heavy atom. The van der Waals surface area contributed by atoms with E-state index in [0.29, 0.717) is 21.7 Å². The number of carbonyl (C=O) groups excluding carboxylic acids is 2. The van der Waals surface area contributed by atoms with E-state index < -0.39 is 0 Å². The van der Waals surface area contributed by atoms with Crippen molar-refractivity contribution in [2.24, 2.45) is 5.41 Å². The van der Waals surface area contributed by atoms with Crippen molar-refractivity contribution >= 4 is 29.2 Å². The molecule has 7 heteroatoms. The van der Waals surface area contributed by atoms with Gasteiger partial charge in [0.1, 0.15) is 0 Å². The fourth-order valence-electron chi connectivity index (χ4n) is 3.85. The largest absolute Gasteiger partial charge is 0.339 e. The van der Waals surface area contributed by atoms with Crippen LogP contribution in [0.15, 0.2) is 18.2 Å². The molecule has 0 unspecified atom stereocenters. The van der Waals surface area contributed by atoms with Crippen LogP contribution in [0, 0.1) is 5.41 Å². The Kier molecular flexibility index (Phi) is 5.68.